The van der Waals surface area contributed by atoms with E-state index in [1.54, 1.807) is 0 Å². The van der Waals surface area contributed by atoms with Gasteiger partial charge in [0.25, 0.3) is 0 Å². The van der Waals surface area contributed by atoms with Gasteiger partial charge in [-0.3, -0.25) is 0 Å². The normalized spacial score (nSPS) is 29.1. The number of piperidine rings is 1. The lowest BCUT2D eigenvalue weighted by Gasteiger charge is -2.44. The van der Waals surface area contributed by atoms with Gasteiger partial charge < -0.3 is 15.3 Å². The van der Waals surface area contributed by atoms with Crippen LogP contribution in [0.1, 0.15) is 58.8 Å². The van der Waals surface area contributed by atoms with Gasteiger partial charge in [0, 0.05) is 18.1 Å². The van der Waals surface area contributed by atoms with Crippen molar-refractivity contribution in [2.75, 3.05) is 6.54 Å². The van der Waals surface area contributed by atoms with Crippen molar-refractivity contribution in [3.05, 3.63) is 0 Å². The molecule has 2 rings (SSSR count). The molecule has 1 atom stereocenters. The third kappa shape index (κ3) is 3.16. The van der Waals surface area contributed by atoms with E-state index in [1.165, 1.54) is 19.3 Å². The predicted molar refractivity (Wildman–Crippen MR) is 71.4 cm³/mol. The predicted octanol–water partition coefficient (Wildman–Crippen LogP) is 2.26. The number of aliphatic hydroxyl groups excluding tert-OH is 1. The molecule has 4 nitrogen and oxygen atoms in total. The van der Waals surface area contributed by atoms with Crippen molar-refractivity contribution in [3.8, 4) is 0 Å². The molecule has 1 heterocycles. The highest BCUT2D eigenvalue weighted by molar-refractivity contribution is 5.75. The van der Waals surface area contributed by atoms with E-state index in [0.29, 0.717) is 12.6 Å². The maximum absolute atomic E-state index is 12.3. The van der Waals surface area contributed by atoms with Crippen LogP contribution in [0.5, 0.6) is 0 Å². The number of aliphatic hydroxyl groups is 1. The second kappa shape index (κ2) is 5.47. The van der Waals surface area contributed by atoms with E-state index in [2.05, 4.69) is 19.2 Å². The maximum atomic E-state index is 12.3. The number of hydrogen-bond donors (Lipinski definition) is 2. The van der Waals surface area contributed by atoms with Gasteiger partial charge in [-0.2, -0.15) is 0 Å². The minimum atomic E-state index is -0.366. The van der Waals surface area contributed by atoms with Crippen LogP contribution in [0.4, 0.5) is 4.79 Å². The van der Waals surface area contributed by atoms with Gasteiger partial charge in [0.1, 0.15) is 0 Å². The molecule has 2 amide bonds. The Morgan fingerprint density at radius 3 is 2.56 bits per heavy atom. The average Bonchev–Trinajstić information content (AvgIpc) is 2.33. The summed E-state index contributed by atoms with van der Waals surface area (Å²) in [5.74, 6) is 0. The summed E-state index contributed by atoms with van der Waals surface area (Å²) in [5, 5.41) is 12.9. The van der Waals surface area contributed by atoms with E-state index in [-0.39, 0.29) is 17.7 Å². The zero-order chi connectivity index (χ0) is 13.2. The van der Waals surface area contributed by atoms with E-state index in [4.69, 9.17) is 0 Å². The molecule has 1 saturated heterocycles. The summed E-state index contributed by atoms with van der Waals surface area (Å²) in [6, 6.07) is 0.340. The van der Waals surface area contributed by atoms with Crippen LogP contribution in [0.2, 0.25) is 0 Å². The Bertz CT molecular complexity index is 298. The molecule has 0 aromatic rings. The molecule has 0 spiro atoms. The fourth-order valence-electron chi connectivity index (χ4n) is 3.06. The molecule has 1 aliphatic heterocycles. The number of amides is 2. The molecule has 4 heteroatoms. The van der Waals surface area contributed by atoms with Crippen LogP contribution in [0.15, 0.2) is 0 Å². The third-order valence-electron chi connectivity index (χ3n) is 4.39. The topological polar surface area (TPSA) is 52.6 Å². The highest BCUT2D eigenvalue weighted by Crippen LogP contribution is 2.28. The zero-order valence-electron chi connectivity index (χ0n) is 11.6. The lowest BCUT2D eigenvalue weighted by atomic mass is 9.89. The van der Waals surface area contributed by atoms with Crippen molar-refractivity contribution >= 4 is 6.03 Å². The van der Waals surface area contributed by atoms with Crippen molar-refractivity contribution in [1.82, 2.24) is 10.2 Å². The van der Waals surface area contributed by atoms with Gasteiger partial charge in [0.15, 0.2) is 0 Å². The highest BCUT2D eigenvalue weighted by atomic mass is 16.3. The molecular weight excluding hydrogens is 228 g/mol. The van der Waals surface area contributed by atoms with Crippen LogP contribution in [-0.4, -0.2) is 40.3 Å². The van der Waals surface area contributed by atoms with Crippen molar-refractivity contribution in [2.45, 2.75) is 76.5 Å². The fraction of sp³-hybridized carbons (Fsp3) is 0.929. The molecule has 18 heavy (non-hydrogen) atoms. The molecule has 1 unspecified atom stereocenters. The zero-order valence-corrected chi connectivity index (χ0v) is 11.6. The minimum absolute atomic E-state index is 0.00523. The van der Waals surface area contributed by atoms with Gasteiger partial charge in [-0.1, -0.05) is 19.3 Å². The van der Waals surface area contributed by atoms with Gasteiger partial charge >= 0.3 is 6.03 Å². The smallest absolute Gasteiger partial charge is 0.318 e. The number of β-amino-alcohol motifs (C(OH)–C–C–N with tert-alkyl or cyclic N) is 1. The number of urea groups is 1. The Morgan fingerprint density at radius 2 is 1.89 bits per heavy atom. The average molecular weight is 254 g/mol. The summed E-state index contributed by atoms with van der Waals surface area (Å²) < 4.78 is 0. The number of carbonyl (C=O) groups is 1. The van der Waals surface area contributed by atoms with Crippen molar-refractivity contribution in [1.29, 1.82) is 0 Å². The summed E-state index contributed by atoms with van der Waals surface area (Å²) in [6.45, 7) is 4.63. The Morgan fingerprint density at radius 1 is 1.22 bits per heavy atom. The molecule has 1 aliphatic carbocycles. The summed E-state index contributed by atoms with van der Waals surface area (Å²) in [4.78, 5) is 14.1. The second-order valence-electron chi connectivity index (χ2n) is 6.40. The molecule has 2 N–H and O–H groups in total. The standard InChI is InChI=1S/C14H26N2O2/c1-14(2)9-8-12(17)10-16(14)13(18)15-11-6-4-3-5-7-11/h11-12,17H,3-10H2,1-2H3,(H,15,18). The first-order valence-corrected chi connectivity index (χ1v) is 7.25. The van der Waals surface area contributed by atoms with Crippen LogP contribution in [0, 0.1) is 0 Å². The van der Waals surface area contributed by atoms with E-state index in [9.17, 15) is 9.90 Å². The summed E-state index contributed by atoms with van der Waals surface area (Å²) in [5.41, 5.74) is -0.141. The van der Waals surface area contributed by atoms with E-state index in [1.807, 2.05) is 4.90 Å². The third-order valence-corrected chi connectivity index (χ3v) is 4.39. The first kappa shape index (κ1) is 13.7. The largest absolute Gasteiger partial charge is 0.391 e. The van der Waals surface area contributed by atoms with Crippen molar-refractivity contribution in [3.63, 3.8) is 0 Å². The molecule has 1 saturated carbocycles. The number of carbonyl (C=O) groups excluding carboxylic acids is 1. The van der Waals surface area contributed by atoms with Crippen molar-refractivity contribution in [2.24, 2.45) is 0 Å². The molecule has 0 aromatic heterocycles. The van der Waals surface area contributed by atoms with Crippen molar-refractivity contribution < 1.29 is 9.90 Å². The lowest BCUT2D eigenvalue weighted by molar-refractivity contribution is 0.0196. The lowest BCUT2D eigenvalue weighted by Crippen LogP contribution is -2.59. The van der Waals surface area contributed by atoms with Gasteiger partial charge in [0.05, 0.1) is 6.10 Å². The monoisotopic (exact) mass is 254 g/mol. The molecule has 104 valence electrons. The number of hydrogen-bond acceptors (Lipinski definition) is 2. The van der Waals surface area contributed by atoms with E-state index < -0.39 is 0 Å². The van der Waals surface area contributed by atoms with Gasteiger partial charge in [-0.15, -0.1) is 0 Å². The molecule has 2 fully saturated rings. The van der Waals surface area contributed by atoms with Gasteiger partial charge in [0.2, 0.25) is 0 Å². The van der Waals surface area contributed by atoms with Crippen LogP contribution in [0.3, 0.4) is 0 Å². The van der Waals surface area contributed by atoms with Crippen LogP contribution >= 0.6 is 0 Å². The van der Waals surface area contributed by atoms with Gasteiger partial charge in [-0.05, 0) is 39.5 Å². The van der Waals surface area contributed by atoms with Gasteiger partial charge in [-0.25, -0.2) is 4.79 Å². The quantitative estimate of drug-likeness (QED) is 0.754. The molecule has 0 aromatic carbocycles. The molecular formula is C14H26N2O2. The number of nitrogens with one attached hydrogen (secondary N) is 1. The summed E-state index contributed by atoms with van der Waals surface area (Å²) in [7, 11) is 0. The Labute approximate surface area is 110 Å². The van der Waals surface area contributed by atoms with E-state index in [0.717, 1.165) is 25.7 Å². The first-order chi connectivity index (χ1) is 8.49. The Hall–Kier alpha value is -0.770. The minimum Gasteiger partial charge on any atom is -0.391 e. The number of nitrogens with zero attached hydrogens (tertiary/aromatic N) is 1. The molecule has 0 radical (unpaired) electrons. The summed E-state index contributed by atoms with van der Waals surface area (Å²) in [6.07, 6.45) is 7.22. The number of rotatable bonds is 1. The van der Waals surface area contributed by atoms with Crippen LogP contribution in [-0.2, 0) is 0 Å². The Balaban J connectivity index is 1.93. The molecule has 0 bridgehead atoms. The Kier molecular flexibility index (Phi) is 4.15. The second-order valence-corrected chi connectivity index (χ2v) is 6.40. The molecule has 2 aliphatic rings. The van der Waals surface area contributed by atoms with Crippen LogP contribution < -0.4 is 5.32 Å². The SMILES string of the molecule is CC1(C)CCC(O)CN1C(=O)NC1CCCCC1. The summed E-state index contributed by atoms with van der Waals surface area (Å²) >= 11 is 0. The van der Waals surface area contributed by atoms with Crippen LogP contribution in [0.25, 0.3) is 0 Å². The fourth-order valence-corrected chi connectivity index (χ4v) is 3.06. The highest BCUT2D eigenvalue weighted by Gasteiger charge is 2.37. The first-order valence-electron chi connectivity index (χ1n) is 7.25. The number of likely N-dealkylation sites (tertiary alicyclic amines) is 1. The maximum Gasteiger partial charge on any atom is 0.318 e. The van der Waals surface area contributed by atoms with E-state index >= 15 is 0 Å².